The van der Waals surface area contributed by atoms with Crippen LogP contribution in [0.25, 0.3) is 0 Å². The van der Waals surface area contributed by atoms with Gasteiger partial charge in [-0.1, -0.05) is 6.92 Å². The monoisotopic (exact) mass is 264 g/mol. The third-order valence-electron chi connectivity index (χ3n) is 3.30. The number of amides is 1. The van der Waals surface area contributed by atoms with E-state index < -0.39 is 0 Å². The number of anilines is 2. The van der Waals surface area contributed by atoms with Crippen molar-refractivity contribution in [2.24, 2.45) is 5.84 Å². The summed E-state index contributed by atoms with van der Waals surface area (Å²) < 4.78 is 0. The fourth-order valence-electron chi connectivity index (χ4n) is 2.26. The van der Waals surface area contributed by atoms with Crippen LogP contribution < -0.4 is 16.6 Å². The van der Waals surface area contributed by atoms with Crippen LogP contribution in [0.3, 0.4) is 0 Å². The number of nitrogen functional groups attached to an aromatic ring is 1. The molecule has 19 heavy (non-hydrogen) atoms. The first-order valence-corrected chi connectivity index (χ1v) is 6.58. The Bertz CT molecular complexity index is 444. The Kier molecular flexibility index (Phi) is 4.51. The second-order valence-electron chi connectivity index (χ2n) is 4.49. The number of nitrogens with two attached hydrogens (primary N) is 1. The quantitative estimate of drug-likeness (QED) is 0.525. The molecule has 0 bridgehead atoms. The van der Waals surface area contributed by atoms with E-state index in [9.17, 15) is 4.79 Å². The molecule has 0 spiro atoms. The smallest absolute Gasteiger partial charge is 0.241 e. The molecule has 2 rings (SSSR count). The molecule has 0 radical (unpaired) electrons. The van der Waals surface area contributed by atoms with Gasteiger partial charge in [0.05, 0.1) is 6.54 Å². The Morgan fingerprint density at radius 2 is 2.05 bits per heavy atom. The average Bonchev–Trinajstić information content (AvgIpc) is 2.98. The minimum Gasteiger partial charge on any atom is -0.361 e. The summed E-state index contributed by atoms with van der Waals surface area (Å²) in [5.41, 5.74) is 3.43. The van der Waals surface area contributed by atoms with Crippen LogP contribution in [0.1, 0.15) is 25.3 Å². The lowest BCUT2D eigenvalue weighted by Crippen LogP contribution is -2.33. The molecule has 1 aliphatic rings. The van der Waals surface area contributed by atoms with E-state index in [0.717, 1.165) is 37.9 Å². The van der Waals surface area contributed by atoms with Gasteiger partial charge >= 0.3 is 0 Å². The first-order chi connectivity index (χ1) is 9.26. The molecule has 1 aromatic rings. The number of carbonyl (C=O) groups is 1. The van der Waals surface area contributed by atoms with Crippen molar-refractivity contribution in [2.75, 3.05) is 30.4 Å². The molecule has 2 heterocycles. The number of nitrogens with zero attached hydrogens (tertiary/aromatic N) is 3. The number of rotatable bonds is 5. The second-order valence-corrected chi connectivity index (χ2v) is 4.49. The van der Waals surface area contributed by atoms with Gasteiger partial charge in [0.15, 0.2) is 0 Å². The predicted octanol–water partition coefficient (Wildman–Crippen LogP) is 0.359. The molecule has 0 atom stereocenters. The van der Waals surface area contributed by atoms with E-state index in [4.69, 9.17) is 5.84 Å². The maximum absolute atomic E-state index is 12.0. The Hall–Kier alpha value is -1.89. The highest BCUT2D eigenvalue weighted by atomic mass is 16.2. The number of aromatic nitrogens is 2. The highest BCUT2D eigenvalue weighted by Crippen LogP contribution is 2.19. The van der Waals surface area contributed by atoms with Gasteiger partial charge in [-0.2, -0.15) is 0 Å². The summed E-state index contributed by atoms with van der Waals surface area (Å²) in [7, 11) is 0. The summed E-state index contributed by atoms with van der Waals surface area (Å²) in [6.07, 6.45) is 4.36. The molecular weight excluding hydrogens is 244 g/mol. The third-order valence-corrected chi connectivity index (χ3v) is 3.30. The molecule has 0 saturated carbocycles. The van der Waals surface area contributed by atoms with Crippen molar-refractivity contribution in [2.45, 2.75) is 26.2 Å². The molecule has 104 valence electrons. The van der Waals surface area contributed by atoms with Crippen molar-refractivity contribution >= 4 is 17.5 Å². The molecule has 1 aromatic heterocycles. The first kappa shape index (κ1) is 13.5. The highest BCUT2D eigenvalue weighted by molar-refractivity contribution is 5.81. The lowest BCUT2D eigenvalue weighted by Gasteiger charge is -2.17. The van der Waals surface area contributed by atoms with E-state index in [-0.39, 0.29) is 12.5 Å². The van der Waals surface area contributed by atoms with Gasteiger partial charge in [0, 0.05) is 18.7 Å². The zero-order valence-electron chi connectivity index (χ0n) is 11.1. The molecule has 4 N–H and O–H groups in total. The first-order valence-electron chi connectivity index (χ1n) is 6.58. The summed E-state index contributed by atoms with van der Waals surface area (Å²) in [6.45, 7) is 3.97. The maximum atomic E-state index is 12.0. The third kappa shape index (κ3) is 3.11. The largest absolute Gasteiger partial charge is 0.361 e. The Morgan fingerprint density at radius 3 is 2.68 bits per heavy atom. The minimum absolute atomic E-state index is 0.112. The normalized spacial score (nSPS) is 14.5. The molecule has 1 amide bonds. The van der Waals surface area contributed by atoms with Gasteiger partial charge in [-0.25, -0.2) is 15.8 Å². The topological polar surface area (TPSA) is 96.2 Å². The van der Waals surface area contributed by atoms with Gasteiger partial charge in [-0.05, 0) is 19.3 Å². The molecule has 7 nitrogen and oxygen atoms in total. The molecule has 1 fully saturated rings. The summed E-state index contributed by atoms with van der Waals surface area (Å²) in [5.74, 6) is 6.78. The van der Waals surface area contributed by atoms with Gasteiger partial charge in [0.2, 0.25) is 5.91 Å². The van der Waals surface area contributed by atoms with Crippen LogP contribution in [0.15, 0.2) is 6.33 Å². The number of hydrazine groups is 1. The molecule has 0 aromatic carbocycles. The van der Waals surface area contributed by atoms with Gasteiger partial charge in [-0.3, -0.25) is 4.79 Å². The zero-order chi connectivity index (χ0) is 13.7. The van der Waals surface area contributed by atoms with Crippen LogP contribution in [0.2, 0.25) is 0 Å². The van der Waals surface area contributed by atoms with E-state index >= 15 is 0 Å². The summed E-state index contributed by atoms with van der Waals surface area (Å²) in [5, 5.41) is 3.08. The van der Waals surface area contributed by atoms with E-state index in [1.54, 1.807) is 0 Å². The molecule has 1 aliphatic heterocycles. The predicted molar refractivity (Wildman–Crippen MR) is 73.5 cm³/mol. The van der Waals surface area contributed by atoms with Crippen LogP contribution >= 0.6 is 0 Å². The number of nitrogens with one attached hydrogen (secondary N) is 2. The lowest BCUT2D eigenvalue weighted by molar-refractivity contribution is -0.128. The summed E-state index contributed by atoms with van der Waals surface area (Å²) in [4.78, 5) is 22.0. The second kappa shape index (κ2) is 6.33. The van der Waals surface area contributed by atoms with E-state index in [0.29, 0.717) is 11.6 Å². The van der Waals surface area contributed by atoms with Gasteiger partial charge < -0.3 is 15.6 Å². The molecule has 7 heteroatoms. The number of hydrogen-bond acceptors (Lipinski definition) is 6. The van der Waals surface area contributed by atoms with Crippen molar-refractivity contribution in [3.8, 4) is 0 Å². The lowest BCUT2D eigenvalue weighted by atomic mass is 10.2. The van der Waals surface area contributed by atoms with Crippen molar-refractivity contribution < 1.29 is 4.79 Å². The molecular formula is C12H20N6O. The summed E-state index contributed by atoms with van der Waals surface area (Å²) >= 11 is 0. The van der Waals surface area contributed by atoms with Gasteiger partial charge in [0.25, 0.3) is 0 Å². The molecule has 0 unspecified atom stereocenters. The van der Waals surface area contributed by atoms with Crippen LogP contribution in [0, 0.1) is 0 Å². The zero-order valence-corrected chi connectivity index (χ0v) is 11.1. The van der Waals surface area contributed by atoms with E-state index in [1.807, 2.05) is 11.8 Å². The number of hydrogen-bond donors (Lipinski definition) is 3. The van der Waals surface area contributed by atoms with E-state index in [1.165, 1.54) is 6.33 Å². The highest BCUT2D eigenvalue weighted by Gasteiger charge is 2.18. The minimum atomic E-state index is 0.112. The van der Waals surface area contributed by atoms with E-state index in [2.05, 4.69) is 20.7 Å². The standard InChI is InChI=1S/C12H20N6O/c1-2-9-11(15-8-16-12(9)17-13)14-7-10(19)18-5-3-4-6-18/h8H,2-7,13H2,1H3,(H2,14,15,16,17). The Morgan fingerprint density at radius 1 is 1.37 bits per heavy atom. The Labute approximate surface area is 112 Å². The number of carbonyl (C=O) groups excluding carboxylic acids is 1. The van der Waals surface area contributed by atoms with Crippen molar-refractivity contribution in [3.05, 3.63) is 11.9 Å². The number of likely N-dealkylation sites (tertiary alicyclic amines) is 1. The Balaban J connectivity index is 2.00. The summed E-state index contributed by atoms with van der Waals surface area (Å²) in [6, 6.07) is 0. The molecule has 1 saturated heterocycles. The van der Waals surface area contributed by atoms with Crippen molar-refractivity contribution in [1.29, 1.82) is 0 Å². The van der Waals surface area contributed by atoms with Crippen LogP contribution in [0.5, 0.6) is 0 Å². The van der Waals surface area contributed by atoms with Crippen molar-refractivity contribution in [1.82, 2.24) is 14.9 Å². The van der Waals surface area contributed by atoms with Gasteiger partial charge in [-0.15, -0.1) is 0 Å². The van der Waals surface area contributed by atoms with Gasteiger partial charge in [0.1, 0.15) is 18.0 Å². The van der Waals surface area contributed by atoms with Crippen LogP contribution in [0.4, 0.5) is 11.6 Å². The van der Waals surface area contributed by atoms with Crippen LogP contribution in [-0.2, 0) is 11.2 Å². The molecule has 0 aliphatic carbocycles. The van der Waals surface area contributed by atoms with Crippen molar-refractivity contribution in [3.63, 3.8) is 0 Å². The maximum Gasteiger partial charge on any atom is 0.241 e. The average molecular weight is 264 g/mol. The fraction of sp³-hybridized carbons (Fsp3) is 0.583. The van der Waals surface area contributed by atoms with Crippen LogP contribution in [-0.4, -0.2) is 40.4 Å². The fourth-order valence-corrected chi connectivity index (χ4v) is 2.26. The SMILES string of the molecule is CCc1c(NN)ncnc1NCC(=O)N1CCCC1.